The molecule has 1 saturated carbocycles. The smallest absolute Gasteiger partial charge is 0.147 e. The molecule has 2 aliphatic rings. The van der Waals surface area contributed by atoms with Crippen LogP contribution in [0.1, 0.15) is 44.2 Å². The van der Waals surface area contributed by atoms with Crippen LogP contribution in [0.2, 0.25) is 25.7 Å². The molecule has 0 saturated heterocycles. The van der Waals surface area contributed by atoms with Crippen molar-refractivity contribution in [3.8, 4) is 0 Å². The standard InChI is InChI=1S/C27H38N2O2SSi/c1-8-27(4)22(31-17-30-12-13-33(5,6)7)14-20-24(25(27)29-16-32)18-15-28-21-11-9-10-19(23(18)21)26(20,2)3/h8-11,15,20,22,24-25,28H,1,12-14,17H2,2-7H3/t20-,22+,24-,25+,27-/m0/s1. The molecule has 1 N–H and O–H groups in total. The van der Waals surface area contributed by atoms with Crippen LogP contribution in [0.5, 0.6) is 0 Å². The highest BCUT2D eigenvalue weighted by atomic mass is 32.1. The zero-order chi connectivity index (χ0) is 24.0. The van der Waals surface area contributed by atoms with Crippen LogP contribution in [-0.4, -0.2) is 43.8 Å². The lowest BCUT2D eigenvalue weighted by Crippen LogP contribution is -2.56. The highest BCUT2D eigenvalue weighted by Crippen LogP contribution is 2.60. The maximum atomic E-state index is 6.46. The van der Waals surface area contributed by atoms with Crippen LogP contribution >= 0.6 is 12.2 Å². The van der Waals surface area contributed by atoms with Gasteiger partial charge in [0.15, 0.2) is 0 Å². The first-order valence-corrected chi connectivity index (χ1v) is 16.2. The lowest BCUT2D eigenvalue weighted by Gasteiger charge is -2.56. The van der Waals surface area contributed by atoms with E-state index in [-0.39, 0.29) is 28.9 Å². The number of hydrogen-bond donors (Lipinski definition) is 1. The summed E-state index contributed by atoms with van der Waals surface area (Å²) in [7, 11) is -1.13. The average molecular weight is 483 g/mol. The van der Waals surface area contributed by atoms with E-state index in [4.69, 9.17) is 26.7 Å². The number of ether oxygens (including phenoxy) is 2. The molecule has 178 valence electrons. The molecule has 1 aromatic carbocycles. The van der Waals surface area contributed by atoms with Crippen molar-refractivity contribution in [3.05, 3.63) is 48.2 Å². The third-order valence-corrected chi connectivity index (χ3v) is 10.1. The largest absolute Gasteiger partial charge is 0.361 e. The van der Waals surface area contributed by atoms with Gasteiger partial charge in [-0.05, 0) is 53.2 Å². The van der Waals surface area contributed by atoms with Crippen molar-refractivity contribution in [2.75, 3.05) is 13.4 Å². The molecule has 0 unspecified atom stereocenters. The van der Waals surface area contributed by atoms with Gasteiger partial charge in [-0.2, -0.15) is 0 Å². The van der Waals surface area contributed by atoms with Crippen LogP contribution in [0, 0.1) is 11.3 Å². The van der Waals surface area contributed by atoms with Gasteiger partial charge in [-0.1, -0.05) is 58.6 Å². The van der Waals surface area contributed by atoms with Gasteiger partial charge in [0.05, 0.1) is 17.3 Å². The molecule has 5 atom stereocenters. The van der Waals surface area contributed by atoms with Gasteiger partial charge in [-0.25, -0.2) is 4.99 Å². The minimum absolute atomic E-state index is 0.0304. The number of thiocarbonyl (C=S) groups is 1. The first-order chi connectivity index (χ1) is 15.5. The van der Waals surface area contributed by atoms with E-state index in [1.807, 2.05) is 6.08 Å². The molecule has 33 heavy (non-hydrogen) atoms. The van der Waals surface area contributed by atoms with Crippen LogP contribution in [-0.2, 0) is 14.9 Å². The van der Waals surface area contributed by atoms with Gasteiger partial charge in [0, 0.05) is 43.1 Å². The third-order valence-electron chi connectivity index (χ3n) is 8.27. The Morgan fingerprint density at radius 3 is 2.73 bits per heavy atom. The number of aliphatic imine (C=N–C) groups is 1. The fraction of sp³-hybridized carbons (Fsp3) is 0.593. The van der Waals surface area contributed by atoms with Gasteiger partial charge in [0.25, 0.3) is 0 Å². The zero-order valence-corrected chi connectivity index (χ0v) is 22.7. The maximum Gasteiger partial charge on any atom is 0.147 e. The van der Waals surface area contributed by atoms with E-state index in [0.29, 0.717) is 12.7 Å². The molecule has 0 aliphatic heterocycles. The lowest BCUT2D eigenvalue weighted by atomic mass is 9.50. The van der Waals surface area contributed by atoms with Gasteiger partial charge in [0.2, 0.25) is 0 Å². The van der Waals surface area contributed by atoms with E-state index in [1.54, 1.807) is 0 Å². The van der Waals surface area contributed by atoms with Gasteiger partial charge >= 0.3 is 0 Å². The molecule has 2 aromatic rings. The number of benzene rings is 1. The number of aromatic nitrogens is 1. The Bertz CT molecular complexity index is 1080. The molecule has 1 fully saturated rings. The Labute approximate surface area is 204 Å². The van der Waals surface area contributed by atoms with Crippen molar-refractivity contribution in [3.63, 3.8) is 0 Å². The highest BCUT2D eigenvalue weighted by Gasteiger charge is 2.58. The summed E-state index contributed by atoms with van der Waals surface area (Å²) in [6.07, 6.45) is 5.06. The second-order valence-corrected chi connectivity index (χ2v) is 17.6. The normalized spacial score (nSPS) is 30.5. The monoisotopic (exact) mass is 482 g/mol. The van der Waals surface area contributed by atoms with Crippen molar-refractivity contribution in [1.82, 2.24) is 4.98 Å². The Morgan fingerprint density at radius 2 is 2.06 bits per heavy atom. The number of fused-ring (bicyclic) bond motifs is 2. The number of isothiocyanates is 1. The predicted molar refractivity (Wildman–Crippen MR) is 143 cm³/mol. The molecule has 4 nitrogen and oxygen atoms in total. The minimum Gasteiger partial charge on any atom is -0.361 e. The van der Waals surface area contributed by atoms with E-state index in [0.717, 1.165) is 19.1 Å². The summed E-state index contributed by atoms with van der Waals surface area (Å²) in [5.41, 5.74) is 3.52. The lowest BCUT2D eigenvalue weighted by molar-refractivity contribution is -0.146. The van der Waals surface area contributed by atoms with Crippen molar-refractivity contribution in [2.45, 2.75) is 76.4 Å². The van der Waals surface area contributed by atoms with Crippen LogP contribution in [0.25, 0.3) is 10.9 Å². The van der Waals surface area contributed by atoms with E-state index in [9.17, 15) is 0 Å². The number of hydrogen-bond acceptors (Lipinski definition) is 4. The van der Waals surface area contributed by atoms with Crippen molar-refractivity contribution in [2.24, 2.45) is 16.3 Å². The van der Waals surface area contributed by atoms with Crippen LogP contribution < -0.4 is 0 Å². The molecule has 6 heteroatoms. The van der Waals surface area contributed by atoms with Gasteiger partial charge in [-0.3, -0.25) is 0 Å². The van der Waals surface area contributed by atoms with Crippen molar-refractivity contribution >= 4 is 36.4 Å². The second kappa shape index (κ2) is 8.90. The maximum absolute atomic E-state index is 6.46. The molecular formula is C27H38N2O2SSi. The highest BCUT2D eigenvalue weighted by molar-refractivity contribution is 7.78. The summed E-state index contributed by atoms with van der Waals surface area (Å²) in [5, 5.41) is 4.06. The molecule has 0 spiro atoms. The van der Waals surface area contributed by atoms with E-state index >= 15 is 0 Å². The summed E-state index contributed by atoms with van der Waals surface area (Å²) in [6, 6.07) is 7.64. The summed E-state index contributed by atoms with van der Waals surface area (Å²) in [5.74, 6) is 0.568. The quantitative estimate of drug-likeness (QED) is 0.111. The Morgan fingerprint density at radius 1 is 1.30 bits per heavy atom. The molecule has 0 amide bonds. The molecule has 0 radical (unpaired) electrons. The summed E-state index contributed by atoms with van der Waals surface area (Å²) in [4.78, 5) is 8.30. The average Bonchev–Trinajstić information content (AvgIpc) is 3.18. The number of rotatable bonds is 8. The second-order valence-electron chi connectivity index (χ2n) is 11.8. The fourth-order valence-electron chi connectivity index (χ4n) is 6.11. The first-order valence-electron chi connectivity index (χ1n) is 12.0. The number of H-pyrrole nitrogens is 1. The Balaban J connectivity index is 1.69. The fourth-order valence-corrected chi connectivity index (χ4v) is 6.98. The molecule has 0 bridgehead atoms. The SMILES string of the molecule is C=C[C@]1(C)[C@H](N=C=S)[C@H]2c3c[nH]c4cccc(c34)C(C)(C)[C@H]2C[C@H]1OCOCC[Si](C)(C)C. The molecular weight excluding hydrogens is 444 g/mol. The number of nitrogens with one attached hydrogen (secondary N) is 1. The number of aromatic amines is 1. The van der Waals surface area contributed by atoms with Gasteiger partial charge in [-0.15, -0.1) is 6.58 Å². The van der Waals surface area contributed by atoms with Crippen molar-refractivity contribution < 1.29 is 9.47 Å². The Hall–Kier alpha value is -1.56. The van der Waals surface area contributed by atoms with E-state index in [1.165, 1.54) is 22.0 Å². The van der Waals surface area contributed by atoms with Gasteiger partial charge < -0.3 is 14.5 Å². The summed E-state index contributed by atoms with van der Waals surface area (Å²) in [6.45, 7) is 19.3. The van der Waals surface area contributed by atoms with E-state index in [2.05, 4.69) is 81.5 Å². The van der Waals surface area contributed by atoms with Crippen LogP contribution in [0.3, 0.4) is 0 Å². The minimum atomic E-state index is -1.13. The zero-order valence-electron chi connectivity index (χ0n) is 20.9. The Kier molecular flexibility index (Phi) is 6.62. The first kappa shape index (κ1) is 24.6. The number of nitrogens with zero attached hydrogens (tertiary/aromatic N) is 1. The van der Waals surface area contributed by atoms with Crippen LogP contribution in [0.15, 0.2) is 42.0 Å². The van der Waals surface area contributed by atoms with Gasteiger partial charge in [0.1, 0.15) is 6.79 Å². The molecule has 1 heterocycles. The third kappa shape index (κ3) is 4.21. The summed E-state index contributed by atoms with van der Waals surface area (Å²) < 4.78 is 12.4. The van der Waals surface area contributed by atoms with E-state index < -0.39 is 8.07 Å². The predicted octanol–water partition coefficient (Wildman–Crippen LogP) is 6.92. The summed E-state index contributed by atoms with van der Waals surface area (Å²) >= 11 is 5.15. The topological polar surface area (TPSA) is 46.6 Å². The van der Waals surface area contributed by atoms with Crippen molar-refractivity contribution in [1.29, 1.82) is 0 Å². The molecule has 1 aromatic heterocycles. The molecule has 2 aliphatic carbocycles. The molecule has 4 rings (SSSR count). The van der Waals surface area contributed by atoms with Crippen LogP contribution in [0.4, 0.5) is 0 Å².